The molecule has 1 aromatic heterocycles. The molecule has 3 nitrogen and oxygen atoms in total. The van der Waals surface area contributed by atoms with Crippen LogP contribution in [0.4, 0.5) is 0 Å². The Balaban J connectivity index is 2.06. The van der Waals surface area contributed by atoms with Crippen LogP contribution < -0.4 is 0 Å². The smallest absolute Gasteiger partial charge is 0.133 e. The summed E-state index contributed by atoms with van der Waals surface area (Å²) in [6.45, 7) is 3.12. The van der Waals surface area contributed by atoms with Gasteiger partial charge in [0.25, 0.3) is 0 Å². The van der Waals surface area contributed by atoms with E-state index in [0.717, 1.165) is 38.6 Å². The van der Waals surface area contributed by atoms with Crippen molar-refractivity contribution in [2.75, 3.05) is 0 Å². The maximum atomic E-state index is 11.6. The minimum absolute atomic E-state index is 0.417. The van der Waals surface area contributed by atoms with Crippen LogP contribution in [0.2, 0.25) is 0 Å². The number of aromatic nitrogens is 2. The maximum absolute atomic E-state index is 11.6. The molecule has 0 aromatic carbocycles. The van der Waals surface area contributed by atoms with Crippen molar-refractivity contribution < 1.29 is 4.79 Å². The zero-order valence-corrected chi connectivity index (χ0v) is 9.98. The first-order valence-corrected chi connectivity index (χ1v) is 6.33. The minimum atomic E-state index is 0.417. The molecule has 0 amide bonds. The van der Waals surface area contributed by atoms with Crippen molar-refractivity contribution in [2.45, 2.75) is 57.9 Å². The molecule has 1 aliphatic rings. The Morgan fingerprint density at radius 1 is 1.50 bits per heavy atom. The van der Waals surface area contributed by atoms with Gasteiger partial charge in [-0.05, 0) is 30.7 Å². The van der Waals surface area contributed by atoms with Gasteiger partial charge < -0.3 is 0 Å². The largest absolute Gasteiger partial charge is 0.300 e. The molecule has 1 aromatic rings. The van der Waals surface area contributed by atoms with Crippen LogP contribution in [0, 0.1) is 0 Å². The van der Waals surface area contributed by atoms with Gasteiger partial charge in [0.1, 0.15) is 5.78 Å². The summed E-state index contributed by atoms with van der Waals surface area (Å²) in [5, 5.41) is 4.34. The first kappa shape index (κ1) is 11.4. The van der Waals surface area contributed by atoms with Crippen LogP contribution >= 0.6 is 0 Å². The van der Waals surface area contributed by atoms with Crippen LogP contribution in [-0.4, -0.2) is 15.6 Å². The number of rotatable bonds is 3. The molecule has 1 saturated carbocycles. The molecule has 16 heavy (non-hydrogen) atoms. The lowest BCUT2D eigenvalue weighted by molar-refractivity contribution is -0.119. The van der Waals surface area contributed by atoms with Gasteiger partial charge in [-0.1, -0.05) is 13.3 Å². The van der Waals surface area contributed by atoms with E-state index in [9.17, 15) is 4.79 Å². The van der Waals surface area contributed by atoms with E-state index in [0.29, 0.717) is 11.7 Å². The molecule has 1 fully saturated rings. The topological polar surface area (TPSA) is 34.9 Å². The number of aryl methyl sites for hydroxylation is 1. The van der Waals surface area contributed by atoms with Crippen molar-refractivity contribution in [3.63, 3.8) is 0 Å². The highest BCUT2D eigenvalue weighted by atomic mass is 16.1. The molecule has 3 heteroatoms. The Hall–Kier alpha value is -1.12. The predicted molar refractivity (Wildman–Crippen MR) is 63.4 cm³/mol. The van der Waals surface area contributed by atoms with Gasteiger partial charge in [-0.25, -0.2) is 0 Å². The lowest BCUT2D eigenvalue weighted by Gasteiger charge is -2.10. The molecule has 1 aliphatic carbocycles. The van der Waals surface area contributed by atoms with Crippen molar-refractivity contribution in [2.24, 2.45) is 0 Å². The van der Waals surface area contributed by atoms with Crippen LogP contribution in [-0.2, 0) is 11.3 Å². The average molecular weight is 220 g/mol. The molecule has 1 heterocycles. The summed E-state index contributed by atoms with van der Waals surface area (Å²) in [5.41, 5.74) is 1.25. The Labute approximate surface area is 96.8 Å². The number of hydrogen-bond acceptors (Lipinski definition) is 2. The number of carbonyl (C=O) groups is 1. The fourth-order valence-electron chi connectivity index (χ4n) is 2.42. The Morgan fingerprint density at radius 2 is 2.38 bits per heavy atom. The lowest BCUT2D eigenvalue weighted by atomic mass is 9.94. The van der Waals surface area contributed by atoms with Gasteiger partial charge in [0.05, 0.1) is 6.20 Å². The van der Waals surface area contributed by atoms with Gasteiger partial charge in [-0.15, -0.1) is 0 Å². The van der Waals surface area contributed by atoms with Gasteiger partial charge >= 0.3 is 0 Å². The molecule has 2 rings (SSSR count). The fraction of sp³-hybridized carbons (Fsp3) is 0.692. The normalized spacial score (nSPS) is 22.1. The lowest BCUT2D eigenvalue weighted by Crippen LogP contribution is -2.03. The van der Waals surface area contributed by atoms with Crippen molar-refractivity contribution in [1.29, 1.82) is 0 Å². The monoisotopic (exact) mass is 220 g/mol. The molecule has 1 atom stereocenters. The second-order valence-electron chi connectivity index (χ2n) is 4.72. The minimum Gasteiger partial charge on any atom is -0.300 e. The summed E-state index contributed by atoms with van der Waals surface area (Å²) < 4.78 is 1.99. The van der Waals surface area contributed by atoms with Gasteiger partial charge in [0.15, 0.2) is 0 Å². The Bertz CT molecular complexity index is 357. The first-order chi connectivity index (χ1) is 7.79. The van der Waals surface area contributed by atoms with Crippen molar-refractivity contribution in [1.82, 2.24) is 9.78 Å². The number of carbonyl (C=O) groups excluding carboxylic acids is 1. The summed E-state index contributed by atoms with van der Waals surface area (Å²) in [5.74, 6) is 0.839. The number of nitrogens with zero attached hydrogens (tertiary/aromatic N) is 2. The second kappa shape index (κ2) is 5.28. The Kier molecular flexibility index (Phi) is 3.75. The van der Waals surface area contributed by atoms with Gasteiger partial charge in [-0.2, -0.15) is 5.10 Å². The summed E-state index contributed by atoms with van der Waals surface area (Å²) in [7, 11) is 0. The average Bonchev–Trinajstić information content (AvgIpc) is 2.61. The van der Waals surface area contributed by atoms with Crippen molar-refractivity contribution >= 4 is 5.78 Å². The van der Waals surface area contributed by atoms with Gasteiger partial charge in [0.2, 0.25) is 0 Å². The van der Waals surface area contributed by atoms with Crippen LogP contribution in [0.15, 0.2) is 12.4 Å². The number of hydrogen-bond donors (Lipinski definition) is 0. The van der Waals surface area contributed by atoms with Crippen LogP contribution in [0.1, 0.15) is 56.9 Å². The van der Waals surface area contributed by atoms with E-state index in [4.69, 9.17) is 0 Å². The quantitative estimate of drug-likeness (QED) is 0.734. The molecule has 0 saturated heterocycles. The molecule has 0 bridgehead atoms. The number of ketones is 1. The SMILES string of the molecule is CCCn1cc(C2CCCCC(=O)C2)cn1. The molecule has 88 valence electrons. The highest BCUT2D eigenvalue weighted by Crippen LogP contribution is 2.29. The Morgan fingerprint density at radius 3 is 3.19 bits per heavy atom. The molecule has 1 unspecified atom stereocenters. The molecular formula is C13H20N2O. The standard InChI is InChI=1S/C13H20N2O/c1-2-7-15-10-12(9-14-15)11-5-3-4-6-13(16)8-11/h9-11H,2-8H2,1H3. The molecule has 0 radical (unpaired) electrons. The van der Waals surface area contributed by atoms with E-state index in [-0.39, 0.29) is 0 Å². The maximum Gasteiger partial charge on any atom is 0.133 e. The zero-order valence-electron chi connectivity index (χ0n) is 9.98. The third-order valence-electron chi connectivity index (χ3n) is 3.31. The van der Waals surface area contributed by atoms with Crippen molar-refractivity contribution in [3.8, 4) is 0 Å². The zero-order chi connectivity index (χ0) is 11.4. The molecule has 0 aliphatic heterocycles. The van der Waals surface area contributed by atoms with E-state index >= 15 is 0 Å². The summed E-state index contributed by atoms with van der Waals surface area (Å²) >= 11 is 0. The van der Waals surface area contributed by atoms with Gasteiger partial charge in [0, 0.05) is 25.6 Å². The second-order valence-corrected chi connectivity index (χ2v) is 4.72. The first-order valence-electron chi connectivity index (χ1n) is 6.33. The summed E-state index contributed by atoms with van der Waals surface area (Å²) in [4.78, 5) is 11.6. The van der Waals surface area contributed by atoms with E-state index in [1.54, 1.807) is 0 Å². The molecule has 0 spiro atoms. The predicted octanol–water partition coefficient (Wildman–Crippen LogP) is 2.91. The highest BCUT2D eigenvalue weighted by Gasteiger charge is 2.20. The van der Waals surface area contributed by atoms with E-state index in [1.165, 1.54) is 12.0 Å². The third kappa shape index (κ3) is 2.71. The molecular weight excluding hydrogens is 200 g/mol. The van der Waals surface area contributed by atoms with E-state index < -0.39 is 0 Å². The van der Waals surface area contributed by atoms with Crippen LogP contribution in [0.3, 0.4) is 0 Å². The number of Topliss-reactive ketones (excluding diaryl/α,β-unsaturated/α-hetero) is 1. The van der Waals surface area contributed by atoms with E-state index in [1.807, 2.05) is 10.9 Å². The summed E-state index contributed by atoms with van der Waals surface area (Å²) in [6, 6.07) is 0. The van der Waals surface area contributed by atoms with Gasteiger partial charge in [-0.3, -0.25) is 9.48 Å². The summed E-state index contributed by atoms with van der Waals surface area (Å²) in [6.07, 6.45) is 10.0. The van der Waals surface area contributed by atoms with Crippen LogP contribution in [0.5, 0.6) is 0 Å². The third-order valence-corrected chi connectivity index (χ3v) is 3.31. The molecule has 0 N–H and O–H groups in total. The van der Waals surface area contributed by atoms with E-state index in [2.05, 4.69) is 18.2 Å². The highest BCUT2D eigenvalue weighted by molar-refractivity contribution is 5.79. The fourth-order valence-corrected chi connectivity index (χ4v) is 2.42. The van der Waals surface area contributed by atoms with Crippen molar-refractivity contribution in [3.05, 3.63) is 18.0 Å². The van der Waals surface area contributed by atoms with Crippen LogP contribution in [0.25, 0.3) is 0 Å².